The standard InChI is InChI=1S/C18H27N2O/c1-17(2,3)13-11-9-10-12-14(13)19-20(7)16(15(12)21-8)18(4,5)6/h9-11H,1-8H3/q+1. The second kappa shape index (κ2) is 4.97. The van der Waals surface area contributed by atoms with Crippen LogP contribution in [0.4, 0.5) is 0 Å². The Morgan fingerprint density at radius 3 is 2.10 bits per heavy atom. The van der Waals surface area contributed by atoms with Crippen molar-refractivity contribution in [1.82, 2.24) is 5.10 Å². The molecule has 0 aliphatic carbocycles. The third kappa shape index (κ3) is 2.74. The lowest BCUT2D eigenvalue weighted by molar-refractivity contribution is -0.738. The summed E-state index contributed by atoms with van der Waals surface area (Å²) in [5.74, 6) is 0.932. The molecule has 0 atom stereocenters. The summed E-state index contributed by atoms with van der Waals surface area (Å²) in [6.07, 6.45) is 0. The number of ether oxygens (including phenoxy) is 1. The van der Waals surface area contributed by atoms with Crippen molar-refractivity contribution in [3.05, 3.63) is 29.5 Å². The molecule has 2 aromatic rings. The van der Waals surface area contributed by atoms with Gasteiger partial charge in [-0.15, -0.1) is 0 Å². The molecule has 1 aromatic carbocycles. The van der Waals surface area contributed by atoms with Gasteiger partial charge in [-0.25, -0.2) is 0 Å². The van der Waals surface area contributed by atoms with Crippen LogP contribution in [0, 0.1) is 0 Å². The van der Waals surface area contributed by atoms with E-state index in [0.29, 0.717) is 0 Å². The zero-order chi connectivity index (χ0) is 16.0. The SMILES string of the molecule is COc1c(C(C)(C)C)[n+](C)nc2c(C(C)(C)C)cccc12. The fourth-order valence-corrected chi connectivity index (χ4v) is 2.95. The van der Waals surface area contributed by atoms with Gasteiger partial charge < -0.3 is 4.74 Å². The molecule has 0 radical (unpaired) electrons. The van der Waals surface area contributed by atoms with Crippen LogP contribution in [0.2, 0.25) is 0 Å². The van der Waals surface area contributed by atoms with Gasteiger partial charge in [-0.05, 0) is 37.8 Å². The van der Waals surface area contributed by atoms with E-state index in [0.717, 1.165) is 22.3 Å². The first-order valence-electron chi connectivity index (χ1n) is 7.45. The van der Waals surface area contributed by atoms with Crippen LogP contribution in [-0.4, -0.2) is 12.2 Å². The number of aromatic nitrogens is 2. The van der Waals surface area contributed by atoms with Crippen LogP contribution < -0.4 is 9.42 Å². The summed E-state index contributed by atoms with van der Waals surface area (Å²) in [7, 11) is 3.75. The first kappa shape index (κ1) is 15.7. The van der Waals surface area contributed by atoms with Crippen LogP contribution in [0.5, 0.6) is 5.75 Å². The monoisotopic (exact) mass is 287 g/mol. The average molecular weight is 287 g/mol. The number of fused-ring (bicyclic) bond motifs is 1. The Kier molecular flexibility index (Phi) is 3.73. The molecule has 0 bridgehead atoms. The second-order valence-electron chi connectivity index (χ2n) is 7.71. The summed E-state index contributed by atoms with van der Waals surface area (Å²) in [5.41, 5.74) is 3.41. The summed E-state index contributed by atoms with van der Waals surface area (Å²) in [5, 5.41) is 5.94. The number of nitrogens with zero attached hydrogens (tertiary/aromatic N) is 2. The van der Waals surface area contributed by atoms with E-state index in [4.69, 9.17) is 9.84 Å². The quantitative estimate of drug-likeness (QED) is 0.748. The number of methoxy groups -OCH3 is 1. The van der Waals surface area contributed by atoms with Gasteiger partial charge in [-0.1, -0.05) is 37.6 Å². The Morgan fingerprint density at radius 1 is 1.00 bits per heavy atom. The molecule has 21 heavy (non-hydrogen) atoms. The topological polar surface area (TPSA) is 26.0 Å². The molecule has 0 aliphatic heterocycles. The summed E-state index contributed by atoms with van der Waals surface area (Å²) in [6, 6.07) is 6.36. The van der Waals surface area contributed by atoms with Crippen molar-refractivity contribution in [2.45, 2.75) is 52.4 Å². The molecule has 114 valence electrons. The smallest absolute Gasteiger partial charge is 0.255 e. The van der Waals surface area contributed by atoms with Crippen molar-refractivity contribution in [2.24, 2.45) is 7.05 Å². The highest BCUT2D eigenvalue weighted by Gasteiger charge is 2.33. The summed E-state index contributed by atoms with van der Waals surface area (Å²) >= 11 is 0. The Morgan fingerprint density at radius 2 is 1.62 bits per heavy atom. The van der Waals surface area contributed by atoms with Crippen molar-refractivity contribution in [1.29, 1.82) is 0 Å². The highest BCUT2D eigenvalue weighted by atomic mass is 16.5. The van der Waals surface area contributed by atoms with Crippen molar-refractivity contribution in [3.63, 3.8) is 0 Å². The van der Waals surface area contributed by atoms with E-state index in [1.54, 1.807) is 7.11 Å². The number of benzene rings is 1. The molecular weight excluding hydrogens is 260 g/mol. The fourth-order valence-electron chi connectivity index (χ4n) is 2.95. The van der Waals surface area contributed by atoms with Gasteiger partial charge in [0.15, 0.2) is 12.8 Å². The maximum absolute atomic E-state index is 5.77. The lowest BCUT2D eigenvalue weighted by Gasteiger charge is -2.22. The lowest BCUT2D eigenvalue weighted by atomic mass is 9.84. The van der Waals surface area contributed by atoms with Gasteiger partial charge in [0.1, 0.15) is 5.52 Å². The van der Waals surface area contributed by atoms with Crippen LogP contribution >= 0.6 is 0 Å². The number of hydrogen-bond acceptors (Lipinski definition) is 2. The molecule has 3 heteroatoms. The molecule has 3 nitrogen and oxygen atoms in total. The minimum Gasteiger partial charge on any atom is -0.490 e. The van der Waals surface area contributed by atoms with Gasteiger partial charge in [-0.2, -0.15) is 0 Å². The normalized spacial score (nSPS) is 12.8. The average Bonchev–Trinajstić information content (AvgIpc) is 2.33. The van der Waals surface area contributed by atoms with Gasteiger partial charge >= 0.3 is 0 Å². The van der Waals surface area contributed by atoms with E-state index in [-0.39, 0.29) is 10.8 Å². The molecule has 0 spiro atoms. The molecule has 1 heterocycles. The van der Waals surface area contributed by atoms with Crippen molar-refractivity contribution in [3.8, 4) is 5.75 Å². The van der Waals surface area contributed by atoms with Crippen LogP contribution in [0.1, 0.15) is 52.8 Å². The van der Waals surface area contributed by atoms with Crippen LogP contribution in [0.3, 0.4) is 0 Å². The van der Waals surface area contributed by atoms with E-state index in [1.807, 2.05) is 11.7 Å². The first-order valence-corrected chi connectivity index (χ1v) is 7.45. The van der Waals surface area contributed by atoms with Gasteiger partial charge in [-0.3, -0.25) is 0 Å². The predicted molar refractivity (Wildman–Crippen MR) is 86.9 cm³/mol. The van der Waals surface area contributed by atoms with Gasteiger partial charge in [0.05, 0.1) is 17.9 Å². The Labute approximate surface area is 127 Å². The van der Waals surface area contributed by atoms with Crippen LogP contribution in [0.25, 0.3) is 10.9 Å². The molecule has 0 amide bonds. The Hall–Kier alpha value is -1.64. The number of hydrogen-bond donors (Lipinski definition) is 0. The maximum atomic E-state index is 5.77. The van der Waals surface area contributed by atoms with Gasteiger partial charge in [0.25, 0.3) is 5.69 Å². The maximum Gasteiger partial charge on any atom is 0.255 e. The number of aryl methyl sites for hydroxylation is 1. The van der Waals surface area contributed by atoms with Crippen LogP contribution in [0.15, 0.2) is 18.2 Å². The van der Waals surface area contributed by atoms with Crippen molar-refractivity contribution >= 4 is 10.9 Å². The molecule has 0 saturated carbocycles. The molecule has 1 aromatic heterocycles. The van der Waals surface area contributed by atoms with Crippen LogP contribution in [-0.2, 0) is 17.9 Å². The molecule has 0 unspecified atom stereocenters. The van der Waals surface area contributed by atoms with E-state index in [1.165, 1.54) is 5.56 Å². The van der Waals surface area contributed by atoms with E-state index in [2.05, 4.69) is 59.7 Å². The Bertz CT molecular complexity index is 676. The lowest BCUT2D eigenvalue weighted by Crippen LogP contribution is -2.43. The van der Waals surface area contributed by atoms with Crippen molar-refractivity contribution in [2.75, 3.05) is 7.11 Å². The minimum absolute atomic E-state index is 0.0287. The van der Waals surface area contributed by atoms with Gasteiger partial charge in [0, 0.05) is 5.10 Å². The summed E-state index contributed by atoms with van der Waals surface area (Å²) in [6.45, 7) is 13.2. The fraction of sp³-hybridized carbons (Fsp3) is 0.556. The Balaban J connectivity index is 2.95. The van der Waals surface area contributed by atoms with E-state index >= 15 is 0 Å². The summed E-state index contributed by atoms with van der Waals surface area (Å²) in [4.78, 5) is 0. The van der Waals surface area contributed by atoms with E-state index in [9.17, 15) is 0 Å². The first-order chi connectivity index (χ1) is 9.57. The zero-order valence-corrected chi connectivity index (χ0v) is 14.5. The van der Waals surface area contributed by atoms with Crippen molar-refractivity contribution < 1.29 is 9.42 Å². The molecule has 0 fully saturated rings. The molecule has 0 N–H and O–H groups in total. The minimum atomic E-state index is -0.0287. The highest BCUT2D eigenvalue weighted by molar-refractivity contribution is 5.88. The van der Waals surface area contributed by atoms with E-state index < -0.39 is 0 Å². The molecule has 0 saturated heterocycles. The summed E-state index contributed by atoms with van der Waals surface area (Å²) < 4.78 is 7.74. The second-order valence-corrected chi connectivity index (χ2v) is 7.71. The molecule has 0 aliphatic rings. The third-order valence-electron chi connectivity index (χ3n) is 3.79. The molecule has 2 rings (SSSR count). The zero-order valence-electron chi connectivity index (χ0n) is 14.5. The van der Waals surface area contributed by atoms with Gasteiger partial charge in [0.2, 0.25) is 0 Å². The molecular formula is C18H27N2O+. The third-order valence-corrected chi connectivity index (χ3v) is 3.79. The predicted octanol–water partition coefficient (Wildman–Crippen LogP) is 3.66. The number of rotatable bonds is 1. The highest BCUT2D eigenvalue weighted by Crippen LogP contribution is 2.36. The largest absolute Gasteiger partial charge is 0.490 e.